The van der Waals surface area contributed by atoms with Crippen LogP contribution in [0.1, 0.15) is 10.4 Å². The number of allylic oxidation sites excluding steroid dienone is 3. The van der Waals surface area contributed by atoms with Crippen molar-refractivity contribution in [2.45, 2.75) is 0 Å². The van der Waals surface area contributed by atoms with Gasteiger partial charge in [-0.1, -0.05) is 29.3 Å². The topological polar surface area (TPSA) is 37.3 Å². The fourth-order valence-electron chi connectivity index (χ4n) is 0.930. The van der Waals surface area contributed by atoms with Gasteiger partial charge in [0, 0.05) is 5.56 Å². The Hall–Kier alpha value is -1.25. The number of carbonyl (C=O) groups is 1. The Balaban J connectivity index is 2.74. The molecule has 0 amide bonds. The van der Waals surface area contributed by atoms with Gasteiger partial charge < -0.3 is 5.11 Å². The summed E-state index contributed by atoms with van der Waals surface area (Å²) < 4.78 is 0.0877. The van der Waals surface area contributed by atoms with Crippen molar-refractivity contribution in [1.82, 2.24) is 0 Å². The monoisotopic (exact) mass is 242 g/mol. The molecule has 4 heteroatoms. The molecule has 0 radical (unpaired) electrons. The third kappa shape index (κ3) is 4.19. The average molecular weight is 243 g/mol. The molecule has 1 N–H and O–H groups in total. The van der Waals surface area contributed by atoms with Crippen molar-refractivity contribution in [2.24, 2.45) is 0 Å². The van der Waals surface area contributed by atoms with Crippen LogP contribution in [0.5, 0.6) is 5.75 Å². The van der Waals surface area contributed by atoms with Gasteiger partial charge in [0.2, 0.25) is 0 Å². The maximum atomic E-state index is 11.5. The van der Waals surface area contributed by atoms with E-state index in [9.17, 15) is 4.79 Å². The lowest BCUT2D eigenvalue weighted by atomic mass is 10.1. The predicted octanol–water partition coefficient (Wildman–Crippen LogP) is 3.45. The van der Waals surface area contributed by atoms with Gasteiger partial charge in [-0.05, 0) is 36.4 Å². The molecule has 1 aromatic carbocycles. The van der Waals surface area contributed by atoms with E-state index < -0.39 is 0 Å². The average Bonchev–Trinajstić information content (AvgIpc) is 2.18. The quantitative estimate of drug-likeness (QED) is 0.501. The molecule has 0 saturated carbocycles. The molecule has 0 saturated heterocycles. The van der Waals surface area contributed by atoms with Gasteiger partial charge in [0.25, 0.3) is 0 Å². The Labute approximate surface area is 97.4 Å². The molecule has 0 bridgehead atoms. The second-order valence-corrected chi connectivity index (χ2v) is 3.73. The van der Waals surface area contributed by atoms with Gasteiger partial charge in [-0.15, -0.1) is 0 Å². The normalized spacial score (nSPS) is 10.3. The van der Waals surface area contributed by atoms with Crippen LogP contribution in [0.3, 0.4) is 0 Å². The highest BCUT2D eigenvalue weighted by molar-refractivity contribution is 6.56. The summed E-state index contributed by atoms with van der Waals surface area (Å²) >= 11 is 10.7. The summed E-state index contributed by atoms with van der Waals surface area (Å²) in [5, 5.41) is 9.01. The fourth-order valence-corrected chi connectivity index (χ4v) is 1.08. The Bertz CT molecular complexity index is 401. The molecule has 15 heavy (non-hydrogen) atoms. The van der Waals surface area contributed by atoms with E-state index in [0.717, 1.165) is 0 Å². The van der Waals surface area contributed by atoms with Crippen molar-refractivity contribution in [3.8, 4) is 5.75 Å². The molecule has 0 fully saturated rings. The largest absolute Gasteiger partial charge is 0.508 e. The second kappa shape index (κ2) is 5.59. The van der Waals surface area contributed by atoms with Gasteiger partial charge >= 0.3 is 0 Å². The molecule has 78 valence electrons. The number of hydrogen-bond donors (Lipinski definition) is 1. The molecular weight excluding hydrogens is 235 g/mol. The smallest absolute Gasteiger partial charge is 0.185 e. The van der Waals surface area contributed by atoms with Crippen LogP contribution in [0.4, 0.5) is 0 Å². The van der Waals surface area contributed by atoms with Gasteiger partial charge in [0.1, 0.15) is 10.2 Å². The zero-order valence-electron chi connectivity index (χ0n) is 7.65. The van der Waals surface area contributed by atoms with Gasteiger partial charge in [-0.3, -0.25) is 4.79 Å². The number of hydrogen-bond acceptors (Lipinski definition) is 2. The third-order valence-corrected chi connectivity index (χ3v) is 1.87. The molecule has 0 spiro atoms. The highest BCUT2D eigenvalue weighted by Gasteiger charge is 1.99. The van der Waals surface area contributed by atoms with Crippen LogP contribution in [0.25, 0.3) is 0 Å². The van der Waals surface area contributed by atoms with Crippen LogP contribution in [0, 0.1) is 0 Å². The van der Waals surface area contributed by atoms with Gasteiger partial charge in [-0.25, -0.2) is 0 Å². The van der Waals surface area contributed by atoms with E-state index in [1.807, 2.05) is 0 Å². The molecule has 0 aliphatic carbocycles. The van der Waals surface area contributed by atoms with E-state index in [0.29, 0.717) is 5.56 Å². The minimum Gasteiger partial charge on any atom is -0.508 e. The zero-order valence-corrected chi connectivity index (χ0v) is 9.16. The first-order chi connectivity index (χ1) is 7.09. The molecular formula is C11H8Cl2O2. The van der Waals surface area contributed by atoms with Crippen molar-refractivity contribution in [2.75, 3.05) is 0 Å². The second-order valence-electron chi connectivity index (χ2n) is 2.73. The minimum atomic E-state index is -0.180. The Kier molecular flexibility index (Phi) is 4.40. The fraction of sp³-hybridized carbons (Fsp3) is 0. The molecule has 0 heterocycles. The van der Waals surface area contributed by atoms with Gasteiger partial charge in [0.15, 0.2) is 5.78 Å². The van der Waals surface area contributed by atoms with E-state index in [2.05, 4.69) is 0 Å². The number of benzene rings is 1. The summed E-state index contributed by atoms with van der Waals surface area (Å²) in [5.74, 6) is -0.0555. The Morgan fingerprint density at radius 2 is 1.80 bits per heavy atom. The number of rotatable bonds is 3. The van der Waals surface area contributed by atoms with E-state index in [1.54, 1.807) is 0 Å². The first kappa shape index (κ1) is 11.8. The third-order valence-electron chi connectivity index (χ3n) is 1.62. The predicted molar refractivity (Wildman–Crippen MR) is 61.4 cm³/mol. The van der Waals surface area contributed by atoms with E-state index in [-0.39, 0.29) is 16.0 Å². The standard InChI is InChI=1S/C11H8Cl2O2/c12-11(13)3-1-2-10(15)8-4-6-9(14)7-5-8/h1-7,14H. The first-order valence-electron chi connectivity index (χ1n) is 4.12. The molecule has 2 nitrogen and oxygen atoms in total. The highest BCUT2D eigenvalue weighted by Crippen LogP contribution is 2.11. The van der Waals surface area contributed by atoms with Crippen molar-refractivity contribution in [3.05, 3.63) is 52.5 Å². The summed E-state index contributed by atoms with van der Waals surface area (Å²) in [4.78, 5) is 11.5. The lowest BCUT2D eigenvalue weighted by Crippen LogP contribution is -1.92. The molecule has 1 rings (SSSR count). The number of ketones is 1. The van der Waals surface area contributed by atoms with Crippen molar-refractivity contribution < 1.29 is 9.90 Å². The molecule has 1 aromatic rings. The van der Waals surface area contributed by atoms with Crippen LogP contribution >= 0.6 is 23.2 Å². The lowest BCUT2D eigenvalue weighted by molar-refractivity contribution is 0.104. The van der Waals surface area contributed by atoms with Crippen LogP contribution in [0.15, 0.2) is 47.0 Å². The summed E-state index contributed by atoms with van der Waals surface area (Å²) in [7, 11) is 0. The van der Waals surface area contributed by atoms with Crippen molar-refractivity contribution in [1.29, 1.82) is 0 Å². The van der Waals surface area contributed by atoms with E-state index in [4.69, 9.17) is 28.3 Å². The summed E-state index contributed by atoms with van der Waals surface area (Å²) in [6.45, 7) is 0. The first-order valence-corrected chi connectivity index (χ1v) is 4.88. The number of aromatic hydroxyl groups is 1. The van der Waals surface area contributed by atoms with Crippen LogP contribution in [-0.4, -0.2) is 10.9 Å². The molecule has 0 atom stereocenters. The summed E-state index contributed by atoms with van der Waals surface area (Å²) in [6, 6.07) is 5.97. The maximum absolute atomic E-state index is 11.5. The summed E-state index contributed by atoms with van der Waals surface area (Å²) in [5.41, 5.74) is 0.489. The van der Waals surface area contributed by atoms with E-state index >= 15 is 0 Å². The van der Waals surface area contributed by atoms with E-state index in [1.165, 1.54) is 42.5 Å². The summed E-state index contributed by atoms with van der Waals surface area (Å²) in [6.07, 6.45) is 4.21. The molecule has 0 aliphatic rings. The van der Waals surface area contributed by atoms with Crippen LogP contribution < -0.4 is 0 Å². The number of phenolic OH excluding ortho intramolecular Hbond substituents is 1. The number of phenols is 1. The van der Waals surface area contributed by atoms with Gasteiger partial charge in [0.05, 0.1) is 0 Å². The zero-order chi connectivity index (χ0) is 11.3. The number of halogens is 2. The maximum Gasteiger partial charge on any atom is 0.185 e. The Morgan fingerprint density at radius 1 is 1.20 bits per heavy atom. The lowest BCUT2D eigenvalue weighted by Gasteiger charge is -1.95. The molecule has 0 aromatic heterocycles. The SMILES string of the molecule is O=C(C=CC=C(Cl)Cl)c1ccc(O)cc1. The van der Waals surface area contributed by atoms with Crippen LogP contribution in [-0.2, 0) is 0 Å². The van der Waals surface area contributed by atoms with Crippen molar-refractivity contribution >= 4 is 29.0 Å². The molecule has 0 unspecified atom stereocenters. The molecule has 0 aliphatic heterocycles. The van der Waals surface area contributed by atoms with Crippen molar-refractivity contribution in [3.63, 3.8) is 0 Å². The van der Waals surface area contributed by atoms with Crippen LogP contribution in [0.2, 0.25) is 0 Å². The van der Waals surface area contributed by atoms with Gasteiger partial charge in [-0.2, -0.15) is 0 Å². The highest BCUT2D eigenvalue weighted by atomic mass is 35.5. The Morgan fingerprint density at radius 3 is 2.33 bits per heavy atom. The minimum absolute atomic E-state index is 0.0877. The number of carbonyl (C=O) groups excluding carboxylic acids is 1.